The summed E-state index contributed by atoms with van der Waals surface area (Å²) in [6.45, 7) is 15.7. The van der Waals surface area contributed by atoms with Crippen LogP contribution in [-0.2, 0) is 0 Å². The number of benzene rings is 9. The molecule has 3 heterocycles. The molecule has 0 aliphatic carbocycles. The fourth-order valence-electron chi connectivity index (χ4n) is 9.79. The summed E-state index contributed by atoms with van der Waals surface area (Å²) in [5, 5.41) is 14.7. The summed E-state index contributed by atoms with van der Waals surface area (Å²) in [6, 6.07) is 74.7. The van der Waals surface area contributed by atoms with E-state index in [4.69, 9.17) is 23.1 Å². The highest BCUT2D eigenvalue weighted by molar-refractivity contribution is 6.12. The van der Waals surface area contributed by atoms with E-state index in [1.165, 1.54) is 10.8 Å². The molecular formula is C61H35N7. The third kappa shape index (κ3) is 6.49. The number of hydrogen-bond acceptors (Lipinski definition) is 3. The Morgan fingerprint density at radius 2 is 0.941 bits per heavy atom. The summed E-state index contributed by atoms with van der Waals surface area (Å²) in [5.41, 5.74) is 14.7. The minimum Gasteiger partial charge on any atom is -0.309 e. The Bertz CT molecular complexity index is 3980. The van der Waals surface area contributed by atoms with E-state index in [0.29, 0.717) is 17.0 Å². The van der Waals surface area contributed by atoms with Gasteiger partial charge in [-0.25, -0.2) is 19.7 Å². The fraction of sp³-hybridized carbons (Fsp3) is 0. The Morgan fingerprint density at radius 3 is 1.59 bits per heavy atom. The minimum absolute atomic E-state index is 0.262. The van der Waals surface area contributed by atoms with E-state index in [1.807, 2.05) is 60.7 Å². The molecule has 0 atom stereocenters. The van der Waals surface area contributed by atoms with Crippen LogP contribution in [0, 0.1) is 24.5 Å². The van der Waals surface area contributed by atoms with Gasteiger partial charge in [0.1, 0.15) is 0 Å². The summed E-state index contributed by atoms with van der Waals surface area (Å²) in [6.07, 6.45) is 0. The number of hydrogen-bond donors (Lipinski definition) is 0. The average molecular weight is 866 g/mol. The minimum atomic E-state index is 0.262. The number of para-hydroxylation sites is 4. The molecule has 12 rings (SSSR count). The van der Waals surface area contributed by atoms with Crippen molar-refractivity contribution in [3.8, 4) is 73.6 Å². The van der Waals surface area contributed by atoms with Gasteiger partial charge in [-0.3, -0.25) is 0 Å². The molecule has 0 unspecified atom stereocenters. The summed E-state index contributed by atoms with van der Waals surface area (Å²) in [5.74, 6) is 0.633. The molecule has 314 valence electrons. The van der Waals surface area contributed by atoms with Crippen molar-refractivity contribution in [2.45, 2.75) is 0 Å². The normalized spacial score (nSPS) is 11.2. The second-order valence-electron chi connectivity index (χ2n) is 16.6. The Kier molecular flexibility index (Phi) is 9.51. The molecule has 0 aliphatic rings. The van der Waals surface area contributed by atoms with Crippen molar-refractivity contribution in [3.05, 3.63) is 241 Å². The molecular weight excluding hydrogens is 831 g/mol. The first-order valence-electron chi connectivity index (χ1n) is 22.2. The van der Waals surface area contributed by atoms with Gasteiger partial charge in [0.15, 0.2) is 17.2 Å². The molecule has 7 heteroatoms. The van der Waals surface area contributed by atoms with Crippen molar-refractivity contribution in [1.29, 1.82) is 5.26 Å². The fourth-order valence-corrected chi connectivity index (χ4v) is 9.79. The first-order chi connectivity index (χ1) is 33.6. The highest BCUT2D eigenvalue weighted by atomic mass is 15.0. The van der Waals surface area contributed by atoms with Gasteiger partial charge in [-0.2, -0.15) is 5.26 Å². The third-order valence-corrected chi connectivity index (χ3v) is 12.8. The van der Waals surface area contributed by atoms with Crippen LogP contribution < -0.4 is 0 Å². The molecule has 12 aromatic rings. The number of aromatic nitrogens is 4. The highest BCUT2D eigenvalue weighted by Gasteiger charge is 2.23. The topological polar surface area (TPSA) is 68.2 Å². The standard InChI is InChI=1S/C61H35N7/c1-63-44-33-43(38-62)60(53(36-44)64-2)42-30-32-58-50(34-42)48-24-12-16-28-57(48)68(58)59-35-41(52-37-51(39-17-5-3-6-18-39)65-61(66-52)40-19-7-4-8-20-40)29-31-49(59)47-23-11-15-27-56(47)67-54-25-13-9-21-45(54)46-22-10-14-26-55(46)67/h3-37H. The predicted octanol–water partition coefficient (Wildman–Crippen LogP) is 16.0. The Morgan fingerprint density at radius 1 is 0.412 bits per heavy atom. The average Bonchev–Trinajstić information content (AvgIpc) is 3.93. The first kappa shape index (κ1) is 39.7. The van der Waals surface area contributed by atoms with Crippen molar-refractivity contribution in [1.82, 2.24) is 19.1 Å². The molecule has 0 aliphatic heterocycles. The van der Waals surface area contributed by atoms with Crippen LogP contribution in [0.5, 0.6) is 0 Å². The molecule has 0 bridgehead atoms. The molecule has 0 radical (unpaired) electrons. The van der Waals surface area contributed by atoms with Gasteiger partial charge in [0, 0.05) is 60.5 Å². The van der Waals surface area contributed by atoms with Crippen molar-refractivity contribution < 1.29 is 0 Å². The Hall–Kier alpha value is -9.87. The lowest BCUT2D eigenvalue weighted by molar-refractivity contribution is 1.15. The molecule has 3 aromatic heterocycles. The van der Waals surface area contributed by atoms with E-state index in [1.54, 1.807) is 12.1 Å². The van der Waals surface area contributed by atoms with E-state index >= 15 is 0 Å². The van der Waals surface area contributed by atoms with Gasteiger partial charge in [0.05, 0.1) is 64.0 Å². The van der Waals surface area contributed by atoms with Crippen LogP contribution >= 0.6 is 0 Å². The van der Waals surface area contributed by atoms with E-state index in [0.717, 1.165) is 89.0 Å². The second kappa shape index (κ2) is 16.3. The van der Waals surface area contributed by atoms with Crippen LogP contribution in [0.2, 0.25) is 0 Å². The molecule has 0 spiro atoms. The predicted molar refractivity (Wildman–Crippen MR) is 275 cm³/mol. The van der Waals surface area contributed by atoms with Gasteiger partial charge in [-0.15, -0.1) is 0 Å². The number of fused-ring (bicyclic) bond motifs is 6. The maximum atomic E-state index is 10.3. The number of rotatable bonds is 7. The first-order valence-corrected chi connectivity index (χ1v) is 22.2. The van der Waals surface area contributed by atoms with E-state index < -0.39 is 0 Å². The van der Waals surface area contributed by atoms with Crippen LogP contribution in [0.15, 0.2) is 212 Å². The monoisotopic (exact) mass is 865 g/mol. The molecule has 7 nitrogen and oxygen atoms in total. The molecule has 0 saturated carbocycles. The zero-order valence-corrected chi connectivity index (χ0v) is 36.3. The van der Waals surface area contributed by atoms with Gasteiger partial charge in [-0.1, -0.05) is 158 Å². The van der Waals surface area contributed by atoms with Crippen molar-refractivity contribution >= 4 is 55.0 Å². The van der Waals surface area contributed by atoms with Crippen LogP contribution in [0.4, 0.5) is 11.4 Å². The maximum absolute atomic E-state index is 10.3. The Labute approximate surface area is 392 Å². The van der Waals surface area contributed by atoms with Gasteiger partial charge >= 0.3 is 0 Å². The van der Waals surface area contributed by atoms with E-state index in [9.17, 15) is 5.26 Å². The lowest BCUT2D eigenvalue weighted by atomic mass is 9.96. The van der Waals surface area contributed by atoms with Gasteiger partial charge in [-0.05, 0) is 60.2 Å². The van der Waals surface area contributed by atoms with Gasteiger partial charge in [0.2, 0.25) is 0 Å². The van der Waals surface area contributed by atoms with Crippen molar-refractivity contribution in [2.75, 3.05) is 0 Å². The quantitative estimate of drug-likeness (QED) is 0.150. The second-order valence-corrected chi connectivity index (χ2v) is 16.6. The molecule has 0 fully saturated rings. The van der Waals surface area contributed by atoms with Crippen LogP contribution in [0.1, 0.15) is 5.56 Å². The van der Waals surface area contributed by atoms with E-state index in [2.05, 4.69) is 164 Å². The van der Waals surface area contributed by atoms with Crippen molar-refractivity contribution in [3.63, 3.8) is 0 Å². The summed E-state index contributed by atoms with van der Waals surface area (Å²) >= 11 is 0. The zero-order valence-electron chi connectivity index (χ0n) is 36.3. The largest absolute Gasteiger partial charge is 0.309 e. The van der Waals surface area contributed by atoms with E-state index in [-0.39, 0.29) is 11.4 Å². The number of nitriles is 1. The van der Waals surface area contributed by atoms with Crippen LogP contribution in [0.25, 0.3) is 121 Å². The lowest BCUT2D eigenvalue weighted by Gasteiger charge is -2.20. The molecule has 0 amide bonds. The van der Waals surface area contributed by atoms with Crippen LogP contribution in [-0.4, -0.2) is 19.1 Å². The highest BCUT2D eigenvalue weighted by Crippen LogP contribution is 2.45. The summed E-state index contributed by atoms with van der Waals surface area (Å²) in [7, 11) is 0. The Balaban J connectivity index is 1.16. The maximum Gasteiger partial charge on any atom is 0.186 e. The lowest BCUT2D eigenvalue weighted by Crippen LogP contribution is -2.02. The van der Waals surface area contributed by atoms with Gasteiger partial charge in [0.25, 0.3) is 0 Å². The van der Waals surface area contributed by atoms with Crippen LogP contribution in [0.3, 0.4) is 0 Å². The van der Waals surface area contributed by atoms with Crippen molar-refractivity contribution in [2.24, 2.45) is 0 Å². The summed E-state index contributed by atoms with van der Waals surface area (Å²) in [4.78, 5) is 17.7. The molecule has 0 N–H and O–H groups in total. The van der Waals surface area contributed by atoms with Gasteiger partial charge < -0.3 is 9.13 Å². The summed E-state index contributed by atoms with van der Waals surface area (Å²) < 4.78 is 4.70. The smallest absolute Gasteiger partial charge is 0.186 e. The zero-order chi connectivity index (χ0) is 45.7. The third-order valence-electron chi connectivity index (χ3n) is 12.8. The molecule has 68 heavy (non-hydrogen) atoms. The number of nitrogens with zero attached hydrogens (tertiary/aromatic N) is 7. The molecule has 0 saturated heterocycles. The molecule has 9 aromatic carbocycles. The SMILES string of the molecule is [C-]#[N+]c1cc(C#N)c(-c2ccc3c(c2)c2ccccc2n3-c2cc(-c3cc(-c4ccccc4)nc(-c4ccccc4)n3)ccc2-c2ccccc2-n2c3ccccc3c3ccccc32)c([N+]#[C-])c1.